The van der Waals surface area contributed by atoms with Crippen LogP contribution in [-0.4, -0.2) is 44.2 Å². The lowest BCUT2D eigenvalue weighted by Crippen LogP contribution is -3.12. The number of nitrogens with zero attached hydrogens (tertiary/aromatic N) is 1. The molecule has 0 aromatic heterocycles. The number of carbonyl (C=O) groups excluding carboxylic acids is 1. The molecule has 2 amide bonds. The maximum Gasteiger partial charge on any atom is 0.318 e. The molecule has 1 aliphatic rings. The summed E-state index contributed by atoms with van der Waals surface area (Å²) in [4.78, 5) is 15.3. The second kappa shape index (κ2) is 5.68. The van der Waals surface area contributed by atoms with Gasteiger partial charge in [-0.05, 0) is 5.56 Å². The minimum atomic E-state index is 0.0568. The Morgan fingerprint density at radius 2 is 1.94 bits per heavy atom. The van der Waals surface area contributed by atoms with Crippen molar-refractivity contribution in [3.63, 3.8) is 0 Å². The molecule has 0 atom stereocenters. The van der Waals surface area contributed by atoms with E-state index in [0.29, 0.717) is 6.54 Å². The molecule has 1 heterocycles. The molecule has 1 saturated heterocycles. The number of benzene rings is 1. The molecule has 0 spiro atoms. The van der Waals surface area contributed by atoms with Crippen LogP contribution in [0.1, 0.15) is 5.56 Å². The normalized spacial score (nSPS) is 16.9. The van der Waals surface area contributed by atoms with E-state index in [1.807, 2.05) is 35.2 Å². The highest BCUT2D eigenvalue weighted by molar-refractivity contribution is 5.74. The third-order valence-corrected chi connectivity index (χ3v) is 3.19. The zero-order valence-corrected chi connectivity index (χ0v) is 10.3. The first-order valence-corrected chi connectivity index (χ1v) is 6.14. The standard InChI is InChI=1S/C13H19N3O/c1-15-7-9-16(10-8-15)13(17)14-11-12-5-3-2-4-6-12/h2-6H,7-11H2,1H3,(H,14,17)/p+1. The van der Waals surface area contributed by atoms with Crippen LogP contribution in [0.3, 0.4) is 0 Å². The fourth-order valence-electron chi connectivity index (χ4n) is 1.98. The molecule has 0 bridgehead atoms. The number of urea groups is 1. The number of amides is 2. The van der Waals surface area contributed by atoms with E-state index in [0.717, 1.165) is 31.7 Å². The molecule has 1 fully saturated rings. The molecule has 92 valence electrons. The third-order valence-electron chi connectivity index (χ3n) is 3.19. The van der Waals surface area contributed by atoms with E-state index < -0.39 is 0 Å². The van der Waals surface area contributed by atoms with Crippen LogP contribution in [0.25, 0.3) is 0 Å². The van der Waals surface area contributed by atoms with E-state index in [-0.39, 0.29) is 6.03 Å². The first-order chi connectivity index (χ1) is 8.25. The summed E-state index contributed by atoms with van der Waals surface area (Å²) in [7, 11) is 2.17. The molecule has 17 heavy (non-hydrogen) atoms. The van der Waals surface area contributed by atoms with Gasteiger partial charge in [-0.15, -0.1) is 0 Å². The van der Waals surface area contributed by atoms with Gasteiger partial charge in [-0.25, -0.2) is 4.79 Å². The molecule has 0 unspecified atom stereocenters. The fraction of sp³-hybridized carbons (Fsp3) is 0.462. The van der Waals surface area contributed by atoms with Crippen LogP contribution < -0.4 is 10.2 Å². The number of carbonyl (C=O) groups is 1. The SMILES string of the molecule is C[NH+]1CCN(C(=O)NCc2ccccc2)CC1. The van der Waals surface area contributed by atoms with Crippen molar-refractivity contribution in [3.8, 4) is 0 Å². The Bertz CT molecular complexity index is 358. The van der Waals surface area contributed by atoms with Crippen LogP contribution in [0.5, 0.6) is 0 Å². The zero-order valence-electron chi connectivity index (χ0n) is 10.3. The number of hydrogen-bond donors (Lipinski definition) is 2. The maximum atomic E-state index is 11.9. The van der Waals surface area contributed by atoms with E-state index in [2.05, 4.69) is 12.4 Å². The second-order valence-corrected chi connectivity index (χ2v) is 4.59. The van der Waals surface area contributed by atoms with Gasteiger partial charge >= 0.3 is 6.03 Å². The van der Waals surface area contributed by atoms with Crippen LogP contribution in [0.15, 0.2) is 30.3 Å². The molecule has 1 aromatic rings. The minimum absolute atomic E-state index is 0.0568. The zero-order chi connectivity index (χ0) is 12.1. The molecule has 0 radical (unpaired) electrons. The molecular formula is C13H20N3O+. The summed E-state index contributed by atoms with van der Waals surface area (Å²) >= 11 is 0. The van der Waals surface area contributed by atoms with E-state index in [9.17, 15) is 4.79 Å². The van der Waals surface area contributed by atoms with Crippen molar-refractivity contribution < 1.29 is 9.69 Å². The Morgan fingerprint density at radius 3 is 2.59 bits per heavy atom. The number of hydrogen-bond acceptors (Lipinski definition) is 1. The van der Waals surface area contributed by atoms with Crippen molar-refractivity contribution in [1.29, 1.82) is 0 Å². The van der Waals surface area contributed by atoms with Crippen LogP contribution >= 0.6 is 0 Å². The highest BCUT2D eigenvalue weighted by Gasteiger charge is 2.20. The Balaban J connectivity index is 1.78. The Hall–Kier alpha value is -1.55. The summed E-state index contributed by atoms with van der Waals surface area (Å²) in [6.45, 7) is 4.40. The highest BCUT2D eigenvalue weighted by atomic mass is 16.2. The number of quaternary nitrogens is 1. The number of nitrogens with one attached hydrogen (secondary N) is 2. The van der Waals surface area contributed by atoms with Gasteiger partial charge in [-0.3, -0.25) is 0 Å². The molecule has 2 rings (SSSR count). The summed E-state index contributed by atoms with van der Waals surface area (Å²) in [5.41, 5.74) is 1.14. The van der Waals surface area contributed by atoms with Crippen LogP contribution in [-0.2, 0) is 6.54 Å². The van der Waals surface area contributed by atoms with Crippen molar-refractivity contribution in [2.45, 2.75) is 6.54 Å². The molecule has 0 saturated carbocycles. The summed E-state index contributed by atoms with van der Waals surface area (Å²) in [5, 5.41) is 2.96. The summed E-state index contributed by atoms with van der Waals surface area (Å²) < 4.78 is 0. The average Bonchev–Trinajstić information content (AvgIpc) is 2.38. The molecule has 1 aromatic carbocycles. The Labute approximate surface area is 102 Å². The quantitative estimate of drug-likeness (QED) is 0.726. The third kappa shape index (κ3) is 3.46. The molecule has 0 aliphatic carbocycles. The molecule has 1 aliphatic heterocycles. The minimum Gasteiger partial charge on any atom is -0.334 e. The average molecular weight is 234 g/mol. The summed E-state index contributed by atoms with van der Waals surface area (Å²) in [6, 6.07) is 10.1. The lowest BCUT2D eigenvalue weighted by molar-refractivity contribution is -0.883. The van der Waals surface area contributed by atoms with Crippen molar-refractivity contribution in [2.24, 2.45) is 0 Å². The van der Waals surface area contributed by atoms with Gasteiger partial charge < -0.3 is 15.1 Å². The lowest BCUT2D eigenvalue weighted by Gasteiger charge is -2.30. The summed E-state index contributed by atoms with van der Waals surface area (Å²) in [6.07, 6.45) is 0. The van der Waals surface area contributed by atoms with E-state index in [1.54, 1.807) is 0 Å². The number of piperazine rings is 1. The topological polar surface area (TPSA) is 36.8 Å². The van der Waals surface area contributed by atoms with Gasteiger partial charge in [0, 0.05) is 6.54 Å². The van der Waals surface area contributed by atoms with Gasteiger partial charge in [-0.1, -0.05) is 30.3 Å². The summed E-state index contributed by atoms with van der Waals surface area (Å²) in [5.74, 6) is 0. The van der Waals surface area contributed by atoms with Gasteiger partial charge in [0.2, 0.25) is 0 Å². The predicted octanol–water partition coefficient (Wildman–Crippen LogP) is -0.273. The lowest BCUT2D eigenvalue weighted by atomic mass is 10.2. The largest absolute Gasteiger partial charge is 0.334 e. The monoisotopic (exact) mass is 234 g/mol. The molecule has 4 heteroatoms. The van der Waals surface area contributed by atoms with Gasteiger partial charge in [0.25, 0.3) is 0 Å². The molecular weight excluding hydrogens is 214 g/mol. The van der Waals surface area contributed by atoms with Crippen molar-refractivity contribution in [3.05, 3.63) is 35.9 Å². The van der Waals surface area contributed by atoms with E-state index in [1.165, 1.54) is 4.90 Å². The molecule has 2 N–H and O–H groups in total. The van der Waals surface area contributed by atoms with Gasteiger partial charge in [-0.2, -0.15) is 0 Å². The fourth-order valence-corrected chi connectivity index (χ4v) is 1.98. The number of likely N-dealkylation sites (N-methyl/N-ethyl adjacent to an activating group) is 1. The first-order valence-electron chi connectivity index (χ1n) is 6.14. The van der Waals surface area contributed by atoms with E-state index >= 15 is 0 Å². The van der Waals surface area contributed by atoms with Gasteiger partial charge in [0.05, 0.1) is 33.2 Å². The maximum absolute atomic E-state index is 11.9. The number of rotatable bonds is 2. The molecule has 4 nitrogen and oxygen atoms in total. The predicted molar refractivity (Wildman–Crippen MR) is 66.9 cm³/mol. The van der Waals surface area contributed by atoms with Crippen LogP contribution in [0.4, 0.5) is 4.79 Å². The van der Waals surface area contributed by atoms with Crippen molar-refractivity contribution in [1.82, 2.24) is 10.2 Å². The van der Waals surface area contributed by atoms with Crippen LogP contribution in [0.2, 0.25) is 0 Å². The Morgan fingerprint density at radius 1 is 1.29 bits per heavy atom. The second-order valence-electron chi connectivity index (χ2n) is 4.59. The Kier molecular flexibility index (Phi) is 3.98. The van der Waals surface area contributed by atoms with Gasteiger partial charge in [0.1, 0.15) is 0 Å². The van der Waals surface area contributed by atoms with Crippen molar-refractivity contribution >= 4 is 6.03 Å². The van der Waals surface area contributed by atoms with Gasteiger partial charge in [0.15, 0.2) is 0 Å². The van der Waals surface area contributed by atoms with Crippen LogP contribution in [0, 0.1) is 0 Å². The highest BCUT2D eigenvalue weighted by Crippen LogP contribution is 1.98. The smallest absolute Gasteiger partial charge is 0.318 e. The first kappa shape index (κ1) is 11.9. The van der Waals surface area contributed by atoms with E-state index in [4.69, 9.17) is 0 Å². The van der Waals surface area contributed by atoms with Crippen molar-refractivity contribution in [2.75, 3.05) is 33.2 Å².